The van der Waals surface area contributed by atoms with Crippen molar-refractivity contribution in [3.05, 3.63) is 46.7 Å². The molecule has 0 aliphatic carbocycles. The third kappa shape index (κ3) is 5.65. The maximum absolute atomic E-state index is 5.80. The number of aliphatic imine (C=N–C) groups is 1. The highest BCUT2D eigenvalue weighted by Gasteiger charge is 2.15. The molecule has 0 atom stereocenters. The highest BCUT2D eigenvalue weighted by molar-refractivity contribution is 6.29. The van der Waals surface area contributed by atoms with Gasteiger partial charge in [-0.05, 0) is 30.2 Å². The van der Waals surface area contributed by atoms with Gasteiger partial charge in [0.05, 0.1) is 21.3 Å². The van der Waals surface area contributed by atoms with Gasteiger partial charge in [0.1, 0.15) is 5.15 Å². The Morgan fingerprint density at radius 3 is 2.41 bits per heavy atom. The molecule has 1 aromatic carbocycles. The molecule has 0 aliphatic heterocycles. The summed E-state index contributed by atoms with van der Waals surface area (Å²) in [6.45, 7) is 1.23. The third-order valence-corrected chi connectivity index (χ3v) is 4.17. The minimum atomic E-state index is 0.494. The van der Waals surface area contributed by atoms with E-state index in [1.165, 1.54) is 0 Å². The zero-order chi connectivity index (χ0) is 19.6. The Balaban J connectivity index is 1.94. The van der Waals surface area contributed by atoms with Crippen molar-refractivity contribution in [2.24, 2.45) is 4.99 Å². The number of ether oxygens (including phenoxy) is 3. The zero-order valence-corrected chi connectivity index (χ0v) is 16.8. The van der Waals surface area contributed by atoms with E-state index in [1.54, 1.807) is 40.6 Å². The SMILES string of the molecule is CN=C(NCCc1ccc(Cl)nc1)NCc1ccc(OC)c(OC)c1OC. The Hall–Kier alpha value is -2.67. The highest BCUT2D eigenvalue weighted by Crippen LogP contribution is 2.39. The molecule has 0 radical (unpaired) electrons. The summed E-state index contributed by atoms with van der Waals surface area (Å²) in [5.41, 5.74) is 2.03. The van der Waals surface area contributed by atoms with Crippen LogP contribution < -0.4 is 24.8 Å². The second-order valence-electron chi connectivity index (χ2n) is 5.59. The predicted molar refractivity (Wildman–Crippen MR) is 107 cm³/mol. The lowest BCUT2D eigenvalue weighted by Crippen LogP contribution is -2.37. The van der Waals surface area contributed by atoms with E-state index in [-0.39, 0.29) is 0 Å². The van der Waals surface area contributed by atoms with Crippen LogP contribution in [0.4, 0.5) is 0 Å². The number of guanidine groups is 1. The second-order valence-corrected chi connectivity index (χ2v) is 5.97. The number of benzene rings is 1. The average Bonchev–Trinajstić information content (AvgIpc) is 2.70. The fraction of sp³-hybridized carbons (Fsp3) is 0.368. The molecule has 0 bridgehead atoms. The van der Waals surface area contributed by atoms with E-state index >= 15 is 0 Å². The molecule has 2 N–H and O–H groups in total. The van der Waals surface area contributed by atoms with Gasteiger partial charge in [-0.1, -0.05) is 17.7 Å². The van der Waals surface area contributed by atoms with Crippen molar-refractivity contribution in [1.82, 2.24) is 15.6 Å². The number of methoxy groups -OCH3 is 3. The van der Waals surface area contributed by atoms with Gasteiger partial charge >= 0.3 is 0 Å². The summed E-state index contributed by atoms with van der Waals surface area (Å²) in [5, 5.41) is 7.04. The fourth-order valence-electron chi connectivity index (χ4n) is 2.58. The molecule has 2 aromatic rings. The van der Waals surface area contributed by atoms with Gasteiger partial charge in [0.25, 0.3) is 0 Å². The summed E-state index contributed by atoms with van der Waals surface area (Å²) >= 11 is 5.80. The molecule has 0 fully saturated rings. The van der Waals surface area contributed by atoms with Crippen LogP contribution in [-0.2, 0) is 13.0 Å². The standard InChI is InChI=1S/C19H25ClN4O3/c1-21-19(22-10-9-13-5-8-16(20)23-11-13)24-12-14-6-7-15(25-2)18(27-4)17(14)26-3/h5-8,11H,9-10,12H2,1-4H3,(H2,21,22,24). The minimum absolute atomic E-state index is 0.494. The quantitative estimate of drug-likeness (QED) is 0.408. The van der Waals surface area contributed by atoms with Crippen molar-refractivity contribution in [3.63, 3.8) is 0 Å². The zero-order valence-electron chi connectivity index (χ0n) is 16.0. The monoisotopic (exact) mass is 392 g/mol. The number of pyridine rings is 1. The lowest BCUT2D eigenvalue weighted by molar-refractivity contribution is 0.322. The molecule has 8 heteroatoms. The molecule has 1 heterocycles. The Morgan fingerprint density at radius 1 is 1.04 bits per heavy atom. The van der Waals surface area contributed by atoms with Gasteiger partial charge in [0, 0.05) is 31.9 Å². The number of aromatic nitrogens is 1. The number of hydrogen-bond donors (Lipinski definition) is 2. The van der Waals surface area contributed by atoms with Gasteiger partial charge in [0.2, 0.25) is 5.75 Å². The van der Waals surface area contributed by atoms with Crippen molar-refractivity contribution >= 4 is 17.6 Å². The van der Waals surface area contributed by atoms with E-state index in [1.807, 2.05) is 18.2 Å². The maximum Gasteiger partial charge on any atom is 0.203 e. The predicted octanol–water partition coefficient (Wildman–Crippen LogP) is 2.67. The van der Waals surface area contributed by atoms with Crippen molar-refractivity contribution < 1.29 is 14.2 Å². The number of hydrogen-bond acceptors (Lipinski definition) is 5. The van der Waals surface area contributed by atoms with Gasteiger partial charge in [-0.2, -0.15) is 0 Å². The van der Waals surface area contributed by atoms with Crippen LogP contribution in [0.3, 0.4) is 0 Å². The summed E-state index contributed by atoms with van der Waals surface area (Å²) in [4.78, 5) is 8.32. The average molecular weight is 393 g/mol. The fourth-order valence-corrected chi connectivity index (χ4v) is 2.69. The molecule has 146 valence electrons. The maximum atomic E-state index is 5.80. The molecule has 0 amide bonds. The van der Waals surface area contributed by atoms with Crippen LogP contribution in [0.5, 0.6) is 17.2 Å². The van der Waals surface area contributed by atoms with E-state index < -0.39 is 0 Å². The van der Waals surface area contributed by atoms with Crippen molar-refractivity contribution in [1.29, 1.82) is 0 Å². The van der Waals surface area contributed by atoms with E-state index in [0.29, 0.717) is 41.5 Å². The van der Waals surface area contributed by atoms with E-state index in [4.69, 9.17) is 25.8 Å². The Kier molecular flexibility index (Phi) is 8.00. The Bertz CT molecular complexity index is 766. The summed E-state index contributed by atoms with van der Waals surface area (Å²) < 4.78 is 16.2. The summed E-state index contributed by atoms with van der Waals surface area (Å²) in [6, 6.07) is 7.52. The van der Waals surface area contributed by atoms with E-state index in [2.05, 4.69) is 20.6 Å². The molecule has 2 rings (SSSR count). The van der Waals surface area contributed by atoms with E-state index in [9.17, 15) is 0 Å². The topological polar surface area (TPSA) is 77.0 Å². The third-order valence-electron chi connectivity index (χ3n) is 3.95. The smallest absolute Gasteiger partial charge is 0.203 e. The lowest BCUT2D eigenvalue weighted by Gasteiger charge is -2.17. The Labute approximate surface area is 164 Å². The van der Waals surface area contributed by atoms with Crippen molar-refractivity contribution in [2.75, 3.05) is 34.9 Å². The first-order chi connectivity index (χ1) is 13.1. The molecular weight excluding hydrogens is 368 g/mol. The molecule has 0 spiro atoms. The molecule has 0 saturated heterocycles. The van der Waals surface area contributed by atoms with Gasteiger partial charge < -0.3 is 24.8 Å². The summed E-state index contributed by atoms with van der Waals surface area (Å²) in [5.74, 6) is 2.51. The van der Waals surface area contributed by atoms with Crippen LogP contribution in [0.1, 0.15) is 11.1 Å². The van der Waals surface area contributed by atoms with Crippen LogP contribution in [0.15, 0.2) is 35.5 Å². The van der Waals surface area contributed by atoms with Crippen LogP contribution in [0.2, 0.25) is 5.15 Å². The van der Waals surface area contributed by atoms with Gasteiger partial charge in [-0.3, -0.25) is 4.99 Å². The number of rotatable bonds is 8. The molecule has 27 heavy (non-hydrogen) atoms. The van der Waals surface area contributed by atoms with Gasteiger partial charge in [-0.25, -0.2) is 4.98 Å². The largest absolute Gasteiger partial charge is 0.493 e. The van der Waals surface area contributed by atoms with Crippen molar-refractivity contribution in [3.8, 4) is 17.2 Å². The van der Waals surface area contributed by atoms with E-state index in [0.717, 1.165) is 17.5 Å². The second kappa shape index (κ2) is 10.5. The highest BCUT2D eigenvalue weighted by atomic mass is 35.5. The molecule has 0 saturated carbocycles. The number of nitrogens with zero attached hydrogens (tertiary/aromatic N) is 2. The van der Waals surface area contributed by atoms with Gasteiger partial charge in [-0.15, -0.1) is 0 Å². The van der Waals surface area contributed by atoms with Crippen LogP contribution >= 0.6 is 11.6 Å². The minimum Gasteiger partial charge on any atom is -0.493 e. The number of halogens is 1. The van der Waals surface area contributed by atoms with Crippen LogP contribution in [0, 0.1) is 0 Å². The lowest BCUT2D eigenvalue weighted by atomic mass is 10.1. The molecule has 7 nitrogen and oxygen atoms in total. The number of nitrogens with one attached hydrogen (secondary N) is 2. The molecule has 0 unspecified atom stereocenters. The van der Waals surface area contributed by atoms with Gasteiger partial charge in [0.15, 0.2) is 17.5 Å². The molecule has 1 aromatic heterocycles. The summed E-state index contributed by atoms with van der Waals surface area (Å²) in [6.07, 6.45) is 2.58. The first-order valence-corrected chi connectivity index (χ1v) is 8.83. The first kappa shape index (κ1) is 20.6. The van der Waals surface area contributed by atoms with Crippen LogP contribution in [0.25, 0.3) is 0 Å². The molecule has 0 aliphatic rings. The normalized spacial score (nSPS) is 11.1. The van der Waals surface area contributed by atoms with Crippen LogP contribution in [-0.4, -0.2) is 45.9 Å². The first-order valence-electron chi connectivity index (χ1n) is 8.45. The Morgan fingerprint density at radius 2 is 1.81 bits per heavy atom. The molecular formula is C19H25ClN4O3. The van der Waals surface area contributed by atoms with Crippen molar-refractivity contribution in [2.45, 2.75) is 13.0 Å². The summed E-state index contributed by atoms with van der Waals surface area (Å²) in [7, 11) is 6.51.